The lowest BCUT2D eigenvalue weighted by molar-refractivity contribution is -0.510. The van der Waals surface area contributed by atoms with Crippen molar-refractivity contribution in [1.82, 2.24) is 0 Å². The first-order chi connectivity index (χ1) is 12.7. The average Bonchev–Trinajstić information content (AvgIpc) is 2.63. The summed E-state index contributed by atoms with van der Waals surface area (Å²) < 4.78 is 0. The highest BCUT2D eigenvalue weighted by Crippen LogP contribution is 2.13. The normalized spacial score (nSPS) is 12.5. The minimum absolute atomic E-state index is 0.134. The lowest BCUT2D eigenvalue weighted by Gasteiger charge is -2.05. The molecule has 0 heterocycles. The number of allylic oxidation sites excluding steroid dienone is 1. The predicted molar refractivity (Wildman–Crippen MR) is 110 cm³/mol. The summed E-state index contributed by atoms with van der Waals surface area (Å²) in [7, 11) is 0. The van der Waals surface area contributed by atoms with Crippen LogP contribution < -0.4 is 0 Å². The fourth-order valence-electron chi connectivity index (χ4n) is 3.18. The Morgan fingerprint density at radius 2 is 1.38 bits per heavy atom. The van der Waals surface area contributed by atoms with Crippen LogP contribution in [0.2, 0.25) is 0 Å². The summed E-state index contributed by atoms with van der Waals surface area (Å²) in [5.74, 6) is 0. The Kier molecular flexibility index (Phi) is 19.2. The lowest BCUT2D eigenvalue weighted by Crippen LogP contribution is -2.16. The molecule has 0 aliphatic rings. The van der Waals surface area contributed by atoms with E-state index in [2.05, 4.69) is 6.92 Å². The molecule has 4 nitrogen and oxygen atoms in total. The van der Waals surface area contributed by atoms with Crippen molar-refractivity contribution in [2.24, 2.45) is 0 Å². The second-order valence-corrected chi connectivity index (χ2v) is 7.35. The van der Waals surface area contributed by atoms with Crippen molar-refractivity contribution in [3.8, 4) is 0 Å². The third-order valence-corrected chi connectivity index (χ3v) is 4.88. The minimum atomic E-state index is -0.496. The molecule has 0 amide bonds. The van der Waals surface area contributed by atoms with Gasteiger partial charge < -0.3 is 0 Å². The molecule has 0 saturated heterocycles. The number of rotatable bonds is 20. The van der Waals surface area contributed by atoms with Gasteiger partial charge in [0.1, 0.15) is 0 Å². The van der Waals surface area contributed by atoms with Gasteiger partial charge in [0, 0.05) is 17.8 Å². The van der Waals surface area contributed by atoms with Crippen molar-refractivity contribution in [3.63, 3.8) is 0 Å². The Balaban J connectivity index is 3.56. The summed E-state index contributed by atoms with van der Waals surface area (Å²) in [5, 5.41) is 11.1. The number of hydrogen-bond donors (Lipinski definition) is 0. The highest BCUT2D eigenvalue weighted by Gasteiger charge is 2.14. The minimum Gasteiger partial charge on any atom is -0.291 e. The average molecular weight is 367 g/mol. The van der Waals surface area contributed by atoms with Gasteiger partial charge in [-0.15, -0.1) is 0 Å². The summed E-state index contributed by atoms with van der Waals surface area (Å²) in [6, 6.07) is -0.496. The molecule has 0 aliphatic heterocycles. The van der Waals surface area contributed by atoms with Gasteiger partial charge in [-0.05, 0) is 31.8 Å². The van der Waals surface area contributed by atoms with Crippen molar-refractivity contribution in [2.75, 3.05) is 0 Å². The highest BCUT2D eigenvalue weighted by molar-refractivity contribution is 5.50. The molecule has 0 rings (SSSR count). The van der Waals surface area contributed by atoms with Crippen molar-refractivity contribution >= 4 is 6.29 Å². The van der Waals surface area contributed by atoms with E-state index in [1.54, 1.807) is 0 Å². The predicted octanol–water partition coefficient (Wildman–Crippen LogP) is 6.95. The van der Waals surface area contributed by atoms with E-state index >= 15 is 0 Å². The largest absolute Gasteiger partial charge is 0.291 e. The fraction of sp³-hybridized carbons (Fsp3) is 0.864. The third-order valence-electron chi connectivity index (χ3n) is 4.88. The van der Waals surface area contributed by atoms with Gasteiger partial charge in [0.25, 0.3) is 0 Å². The number of hydrogen-bond acceptors (Lipinski definition) is 3. The number of unbranched alkanes of at least 4 members (excludes halogenated alkanes) is 14. The molecule has 0 bridgehead atoms. The molecule has 26 heavy (non-hydrogen) atoms. The number of carbonyl (C=O) groups excluding carboxylic acids is 1. The Morgan fingerprint density at radius 3 is 1.96 bits per heavy atom. The smallest absolute Gasteiger partial charge is 0.231 e. The van der Waals surface area contributed by atoms with E-state index in [1.165, 1.54) is 57.8 Å². The molecule has 4 heteroatoms. The van der Waals surface area contributed by atoms with Crippen LogP contribution in [0.5, 0.6) is 0 Å². The quantitative estimate of drug-likeness (QED) is 0.101. The second kappa shape index (κ2) is 20.1. The van der Waals surface area contributed by atoms with E-state index in [-0.39, 0.29) is 4.92 Å². The zero-order chi connectivity index (χ0) is 19.3. The lowest BCUT2D eigenvalue weighted by atomic mass is 10.0. The molecule has 1 unspecified atom stereocenters. The van der Waals surface area contributed by atoms with Gasteiger partial charge in [-0.2, -0.15) is 0 Å². The topological polar surface area (TPSA) is 60.2 Å². The molecule has 0 N–H and O–H groups in total. The third kappa shape index (κ3) is 17.6. The molecule has 0 fully saturated rings. The second-order valence-electron chi connectivity index (χ2n) is 7.35. The first kappa shape index (κ1) is 24.8. The maximum Gasteiger partial charge on any atom is 0.231 e. The number of nitro groups is 1. The fourth-order valence-corrected chi connectivity index (χ4v) is 3.18. The Hall–Kier alpha value is -1.19. The van der Waals surface area contributed by atoms with Gasteiger partial charge in [0.15, 0.2) is 6.29 Å². The molecule has 1 atom stereocenters. The van der Waals surface area contributed by atoms with Crippen LogP contribution in [0.15, 0.2) is 12.2 Å². The summed E-state index contributed by atoms with van der Waals surface area (Å²) >= 11 is 0. The molecule has 0 aromatic rings. The van der Waals surface area contributed by atoms with Crippen LogP contribution in [-0.2, 0) is 4.79 Å². The van der Waals surface area contributed by atoms with Crippen LogP contribution in [0.3, 0.4) is 0 Å². The van der Waals surface area contributed by atoms with E-state index in [9.17, 15) is 14.9 Å². The van der Waals surface area contributed by atoms with Crippen LogP contribution in [0, 0.1) is 10.1 Å². The van der Waals surface area contributed by atoms with E-state index in [0.29, 0.717) is 12.8 Å². The van der Waals surface area contributed by atoms with Gasteiger partial charge in [-0.25, -0.2) is 0 Å². The van der Waals surface area contributed by atoms with Crippen LogP contribution in [0.4, 0.5) is 0 Å². The van der Waals surface area contributed by atoms with Gasteiger partial charge in [-0.3, -0.25) is 14.9 Å². The summed E-state index contributed by atoms with van der Waals surface area (Å²) in [5.41, 5.74) is 0. The van der Waals surface area contributed by atoms with Crippen LogP contribution in [0.1, 0.15) is 116 Å². The highest BCUT2D eigenvalue weighted by atomic mass is 16.6. The summed E-state index contributed by atoms with van der Waals surface area (Å²) in [4.78, 5) is 21.1. The van der Waals surface area contributed by atoms with E-state index < -0.39 is 6.04 Å². The molecule has 0 spiro atoms. The van der Waals surface area contributed by atoms with E-state index in [1.807, 2.05) is 18.4 Å². The first-order valence-electron chi connectivity index (χ1n) is 10.9. The van der Waals surface area contributed by atoms with Crippen molar-refractivity contribution in [3.05, 3.63) is 22.3 Å². The van der Waals surface area contributed by atoms with Crippen molar-refractivity contribution < 1.29 is 9.72 Å². The van der Waals surface area contributed by atoms with Crippen LogP contribution in [-0.4, -0.2) is 17.3 Å². The molecule has 0 aliphatic carbocycles. The molecule has 0 saturated carbocycles. The molecule has 0 aromatic heterocycles. The Morgan fingerprint density at radius 1 is 0.846 bits per heavy atom. The van der Waals surface area contributed by atoms with E-state index in [0.717, 1.165) is 38.5 Å². The molecule has 0 aromatic carbocycles. The maximum atomic E-state index is 11.1. The maximum absolute atomic E-state index is 11.1. The molecular formula is C22H40NO3. The van der Waals surface area contributed by atoms with Gasteiger partial charge in [0.2, 0.25) is 6.04 Å². The first-order valence-corrected chi connectivity index (χ1v) is 10.9. The molecular weight excluding hydrogens is 326 g/mol. The Bertz CT molecular complexity index is 355. The van der Waals surface area contributed by atoms with Gasteiger partial charge in [-0.1, -0.05) is 83.6 Å². The molecule has 151 valence electrons. The zero-order valence-electron chi connectivity index (χ0n) is 16.9. The standard InChI is InChI=1S/C22H40NO3/c1-2-3-4-5-13-16-19-22(23(25)26)20-17-14-11-9-7-6-8-10-12-15-18-21-24/h17,20,22H,2-16,18-19H2,1H3/b20-17+. The van der Waals surface area contributed by atoms with Gasteiger partial charge in [0.05, 0.1) is 0 Å². The Labute approximate surface area is 161 Å². The molecule has 1 radical (unpaired) electrons. The van der Waals surface area contributed by atoms with Crippen molar-refractivity contribution in [2.45, 2.75) is 122 Å². The van der Waals surface area contributed by atoms with Gasteiger partial charge >= 0.3 is 0 Å². The van der Waals surface area contributed by atoms with Crippen molar-refractivity contribution in [1.29, 1.82) is 0 Å². The monoisotopic (exact) mass is 366 g/mol. The summed E-state index contributed by atoms with van der Waals surface area (Å²) in [6.07, 6.45) is 24.4. The zero-order valence-corrected chi connectivity index (χ0v) is 16.9. The SMILES string of the molecule is CCCCCCCCC(/C=C/CCCCCCCCCC[C]=O)[N+](=O)[O-]. The van der Waals surface area contributed by atoms with Crippen LogP contribution >= 0.6 is 0 Å². The number of nitrogens with zero attached hydrogens (tertiary/aromatic N) is 1. The van der Waals surface area contributed by atoms with Crippen LogP contribution in [0.25, 0.3) is 0 Å². The van der Waals surface area contributed by atoms with E-state index in [4.69, 9.17) is 0 Å². The summed E-state index contributed by atoms with van der Waals surface area (Å²) in [6.45, 7) is 2.20.